The Morgan fingerprint density at radius 1 is 1.15 bits per heavy atom. The molecule has 0 saturated carbocycles. The first-order valence-electron chi connectivity index (χ1n) is 9.60. The van der Waals surface area contributed by atoms with Gasteiger partial charge in [-0.1, -0.05) is 20.4 Å². The van der Waals surface area contributed by atoms with Crippen molar-refractivity contribution in [3.05, 3.63) is 59.4 Å². The van der Waals surface area contributed by atoms with E-state index in [0.29, 0.717) is 30.3 Å². The lowest BCUT2D eigenvalue weighted by Gasteiger charge is -2.46. The molecule has 0 spiro atoms. The molecule has 0 aromatic heterocycles. The van der Waals surface area contributed by atoms with Crippen LogP contribution in [0.1, 0.15) is 45.1 Å². The zero-order valence-electron chi connectivity index (χ0n) is 15.9. The summed E-state index contributed by atoms with van der Waals surface area (Å²) in [7, 11) is 0. The molecule has 1 unspecified atom stereocenters. The van der Waals surface area contributed by atoms with Gasteiger partial charge in [-0.15, -0.1) is 0 Å². The monoisotopic (exact) mass is 377 g/mol. The highest BCUT2D eigenvalue weighted by Gasteiger charge is 2.32. The lowest BCUT2D eigenvalue weighted by atomic mass is 10.0. The quantitative estimate of drug-likeness (QED) is 0.650. The van der Waals surface area contributed by atoms with Crippen molar-refractivity contribution < 1.29 is 13.2 Å². The predicted octanol–water partition coefficient (Wildman–Crippen LogP) is 5.00. The van der Waals surface area contributed by atoms with Gasteiger partial charge >= 0.3 is 0 Å². The van der Waals surface area contributed by atoms with E-state index in [2.05, 4.69) is 41.3 Å². The molecule has 2 aliphatic heterocycles. The average molecular weight is 377 g/mol. The van der Waals surface area contributed by atoms with Gasteiger partial charge in [-0.25, -0.2) is 18.2 Å². The van der Waals surface area contributed by atoms with Crippen molar-refractivity contribution in [2.45, 2.75) is 52.0 Å². The maximum absolute atomic E-state index is 13.4. The van der Waals surface area contributed by atoms with Gasteiger partial charge in [-0.2, -0.15) is 0 Å². The highest BCUT2D eigenvalue weighted by Crippen LogP contribution is 2.31. The Morgan fingerprint density at radius 2 is 1.85 bits per heavy atom. The lowest BCUT2D eigenvalue weighted by Crippen LogP contribution is -2.49. The van der Waals surface area contributed by atoms with Crippen LogP contribution in [0.15, 0.2) is 41.4 Å². The summed E-state index contributed by atoms with van der Waals surface area (Å²) < 4.78 is 40.0. The highest BCUT2D eigenvalue weighted by atomic mass is 19.2. The Labute approximate surface area is 158 Å². The first kappa shape index (κ1) is 19.5. The number of aliphatic imine (C=N–C) groups is 1. The average Bonchev–Trinajstić information content (AvgIpc) is 2.65. The molecule has 3 rings (SSSR count). The molecule has 1 aromatic carbocycles. The van der Waals surface area contributed by atoms with E-state index in [1.165, 1.54) is 0 Å². The van der Waals surface area contributed by atoms with Crippen LogP contribution in [-0.4, -0.2) is 34.6 Å². The number of rotatable bonds is 6. The van der Waals surface area contributed by atoms with Crippen molar-refractivity contribution in [3.63, 3.8) is 0 Å². The maximum atomic E-state index is 13.4. The van der Waals surface area contributed by atoms with Crippen molar-refractivity contribution in [3.8, 4) is 0 Å². The zero-order chi connectivity index (χ0) is 19.6. The summed E-state index contributed by atoms with van der Waals surface area (Å²) in [6.07, 6.45) is 6.16. The minimum absolute atomic E-state index is 0.384. The number of fused-ring (bicyclic) bond motifs is 1. The summed E-state index contributed by atoms with van der Waals surface area (Å²) >= 11 is 0. The second kappa shape index (κ2) is 8.19. The van der Waals surface area contributed by atoms with Gasteiger partial charge in [-0.3, -0.25) is 0 Å². The van der Waals surface area contributed by atoms with Gasteiger partial charge < -0.3 is 9.80 Å². The van der Waals surface area contributed by atoms with Crippen LogP contribution in [0.5, 0.6) is 0 Å². The van der Waals surface area contributed by atoms with Crippen LogP contribution in [0.25, 0.3) is 0 Å². The van der Waals surface area contributed by atoms with Crippen LogP contribution in [0, 0.1) is 17.5 Å². The van der Waals surface area contributed by atoms with Gasteiger partial charge in [0.2, 0.25) is 0 Å². The standard InChI is InChI=1S/C21H26F3N3/c1-4-9-27-17(5-2)8-10-26-14(3)25-16(13-20(26)27)7-6-15-11-18(22)21(24)19(23)12-15/h11-13,17H,3-10H2,1-2H3. The van der Waals surface area contributed by atoms with Crippen LogP contribution < -0.4 is 0 Å². The molecule has 0 bridgehead atoms. The second-order valence-electron chi connectivity index (χ2n) is 7.09. The van der Waals surface area contributed by atoms with E-state index >= 15 is 0 Å². The molecule has 6 heteroatoms. The number of hydrogen-bond donors (Lipinski definition) is 0. The molecule has 146 valence electrons. The first-order valence-corrected chi connectivity index (χ1v) is 9.60. The summed E-state index contributed by atoms with van der Waals surface area (Å²) in [6.45, 7) is 10.3. The fourth-order valence-electron chi connectivity index (χ4n) is 3.84. The molecule has 0 radical (unpaired) electrons. The molecule has 27 heavy (non-hydrogen) atoms. The number of nitrogens with zero attached hydrogens (tertiary/aromatic N) is 3. The summed E-state index contributed by atoms with van der Waals surface area (Å²) in [5.41, 5.74) is 1.25. The summed E-state index contributed by atoms with van der Waals surface area (Å²) in [5, 5.41) is 0. The zero-order valence-corrected chi connectivity index (χ0v) is 15.9. The van der Waals surface area contributed by atoms with Crippen molar-refractivity contribution in [1.82, 2.24) is 9.80 Å². The Hall–Kier alpha value is -2.24. The molecule has 1 aromatic rings. The number of halogens is 3. The van der Waals surface area contributed by atoms with Crippen LogP contribution in [0.3, 0.4) is 0 Å². The van der Waals surface area contributed by atoms with E-state index in [-0.39, 0.29) is 0 Å². The molecule has 0 N–H and O–H groups in total. The van der Waals surface area contributed by atoms with E-state index in [9.17, 15) is 13.2 Å². The highest BCUT2D eigenvalue weighted by molar-refractivity contribution is 5.97. The third kappa shape index (κ3) is 4.04. The van der Waals surface area contributed by atoms with Crippen molar-refractivity contribution in [2.24, 2.45) is 4.99 Å². The maximum Gasteiger partial charge on any atom is 0.194 e. The minimum Gasteiger partial charge on any atom is -0.355 e. The molecule has 2 heterocycles. The molecular formula is C21H26F3N3. The third-order valence-corrected chi connectivity index (χ3v) is 5.23. The van der Waals surface area contributed by atoms with Crippen LogP contribution in [0.2, 0.25) is 0 Å². The smallest absolute Gasteiger partial charge is 0.194 e. The third-order valence-electron chi connectivity index (χ3n) is 5.23. The van der Waals surface area contributed by atoms with E-state index in [1.54, 1.807) is 0 Å². The van der Waals surface area contributed by atoms with Gasteiger partial charge in [0.15, 0.2) is 17.5 Å². The van der Waals surface area contributed by atoms with Gasteiger partial charge in [0.1, 0.15) is 11.6 Å². The molecule has 3 nitrogen and oxygen atoms in total. The Bertz CT molecular complexity index is 762. The molecule has 0 aliphatic carbocycles. The molecular weight excluding hydrogens is 351 g/mol. The number of aryl methyl sites for hydroxylation is 1. The predicted molar refractivity (Wildman–Crippen MR) is 102 cm³/mol. The summed E-state index contributed by atoms with van der Waals surface area (Å²) in [6, 6.07) is 2.60. The van der Waals surface area contributed by atoms with Crippen molar-refractivity contribution in [1.29, 1.82) is 0 Å². The summed E-state index contributed by atoms with van der Waals surface area (Å²) in [5.74, 6) is -1.92. The van der Waals surface area contributed by atoms with Gasteiger partial charge in [0.05, 0.1) is 0 Å². The Kier molecular flexibility index (Phi) is 5.92. The van der Waals surface area contributed by atoms with E-state index in [0.717, 1.165) is 56.0 Å². The summed E-state index contributed by atoms with van der Waals surface area (Å²) in [4.78, 5) is 9.13. The van der Waals surface area contributed by atoms with Crippen molar-refractivity contribution >= 4 is 5.71 Å². The van der Waals surface area contributed by atoms with Crippen LogP contribution in [0.4, 0.5) is 13.2 Å². The van der Waals surface area contributed by atoms with Gasteiger partial charge in [0.25, 0.3) is 0 Å². The first-order chi connectivity index (χ1) is 12.9. The number of hydrogen-bond acceptors (Lipinski definition) is 3. The molecule has 1 saturated heterocycles. The Balaban J connectivity index is 1.79. The van der Waals surface area contributed by atoms with E-state index in [4.69, 9.17) is 0 Å². The largest absolute Gasteiger partial charge is 0.355 e. The van der Waals surface area contributed by atoms with Gasteiger partial charge in [-0.05, 0) is 49.8 Å². The Morgan fingerprint density at radius 3 is 2.48 bits per heavy atom. The molecule has 2 aliphatic rings. The SMILES string of the molecule is C=C1N=C(CCc2cc(F)c(F)c(F)c2)C=C2N1CCC(CC)N2CCC. The molecule has 1 atom stereocenters. The molecule has 1 fully saturated rings. The van der Waals surface area contributed by atoms with Crippen molar-refractivity contribution in [2.75, 3.05) is 13.1 Å². The fraction of sp³-hybridized carbons (Fsp3) is 0.476. The lowest BCUT2D eigenvalue weighted by molar-refractivity contribution is 0.119. The minimum atomic E-state index is -1.43. The number of benzene rings is 1. The second-order valence-corrected chi connectivity index (χ2v) is 7.09. The van der Waals surface area contributed by atoms with E-state index in [1.807, 2.05) is 0 Å². The van der Waals surface area contributed by atoms with Gasteiger partial charge in [0, 0.05) is 30.9 Å². The topological polar surface area (TPSA) is 18.8 Å². The van der Waals surface area contributed by atoms with E-state index < -0.39 is 17.5 Å². The molecule has 0 amide bonds. The normalized spacial score (nSPS) is 19.7. The van der Waals surface area contributed by atoms with Crippen LogP contribution >= 0.6 is 0 Å². The van der Waals surface area contributed by atoms with Crippen LogP contribution in [-0.2, 0) is 6.42 Å². The number of allylic oxidation sites excluding steroid dienone is 1. The fourth-order valence-corrected chi connectivity index (χ4v) is 3.84.